The fraction of sp³-hybridized carbons (Fsp3) is 0.444. The molecule has 0 aliphatic carbocycles. The van der Waals surface area contributed by atoms with Crippen molar-refractivity contribution in [1.82, 2.24) is 0 Å². The summed E-state index contributed by atoms with van der Waals surface area (Å²) in [5, 5.41) is 0. The van der Waals surface area contributed by atoms with Gasteiger partial charge in [-0.25, -0.2) is 0 Å². The average molecular weight is 118 g/mol. The number of rotatable bonds is 2. The molecule has 0 aliphatic heterocycles. The van der Waals surface area contributed by atoms with Gasteiger partial charge in [-0.3, -0.25) is 0 Å². The van der Waals surface area contributed by atoms with Crippen molar-refractivity contribution in [2.24, 2.45) is 0 Å². The van der Waals surface area contributed by atoms with Crippen LogP contribution in [0.25, 0.3) is 0 Å². The highest BCUT2D eigenvalue weighted by atomic mass is 13.8. The van der Waals surface area contributed by atoms with Crippen LogP contribution in [0.1, 0.15) is 25.7 Å². The molecule has 0 bridgehead atoms. The zero-order valence-electron chi connectivity index (χ0n) is 5.54. The first-order chi connectivity index (χ1) is 4.41. The number of unbranched alkanes of at least 4 members (excludes halogenated alkanes) is 2. The molecule has 0 aromatic rings. The van der Waals surface area contributed by atoms with Crippen LogP contribution < -0.4 is 0 Å². The second-order valence-corrected chi connectivity index (χ2v) is 1.63. The van der Waals surface area contributed by atoms with Gasteiger partial charge in [-0.1, -0.05) is 5.92 Å². The molecular formula is C9H10. The molecule has 0 atom stereocenters. The molecule has 0 aliphatic rings. The Balaban J connectivity index is 3.01. The molecule has 0 N–H and O–H groups in total. The fourth-order valence-corrected chi connectivity index (χ4v) is 0.442. The molecule has 0 saturated carbocycles. The maximum Gasteiger partial charge on any atom is 0.0108 e. The largest absolute Gasteiger partial charge is 0.103 e. The van der Waals surface area contributed by atoms with Crippen molar-refractivity contribution in [2.45, 2.75) is 25.7 Å². The van der Waals surface area contributed by atoms with Crippen molar-refractivity contribution in [3.05, 3.63) is 13.3 Å². The second-order valence-electron chi connectivity index (χ2n) is 1.63. The predicted octanol–water partition coefficient (Wildman–Crippen LogP) is 1.97. The molecule has 0 aromatic heterocycles. The van der Waals surface area contributed by atoms with Crippen LogP contribution >= 0.6 is 0 Å². The van der Waals surface area contributed by atoms with Crippen LogP contribution in [-0.2, 0) is 0 Å². The van der Waals surface area contributed by atoms with Gasteiger partial charge in [-0.05, 0) is 19.8 Å². The summed E-state index contributed by atoms with van der Waals surface area (Å²) >= 11 is 0. The molecule has 0 saturated heterocycles. The molecule has 0 unspecified atom stereocenters. The van der Waals surface area contributed by atoms with Gasteiger partial charge in [-0.15, -0.1) is 11.8 Å². The fourth-order valence-electron chi connectivity index (χ4n) is 0.442. The van der Waals surface area contributed by atoms with Crippen molar-refractivity contribution in [3.63, 3.8) is 0 Å². The summed E-state index contributed by atoms with van der Waals surface area (Å²) in [6.45, 7) is 3.58. The van der Waals surface area contributed by atoms with Crippen LogP contribution in [0.5, 0.6) is 0 Å². The van der Waals surface area contributed by atoms with Crippen LogP contribution in [0.15, 0.2) is 0 Å². The standard InChI is InChI=1S/C9H10/c1-3-5-7-9-8-6-4-2/h1,3,6,8-9H2. The van der Waals surface area contributed by atoms with E-state index in [9.17, 15) is 0 Å². The Morgan fingerprint density at radius 2 is 2.00 bits per heavy atom. The van der Waals surface area contributed by atoms with E-state index in [1.807, 2.05) is 0 Å². The van der Waals surface area contributed by atoms with Crippen LogP contribution in [0, 0.1) is 31.1 Å². The summed E-state index contributed by atoms with van der Waals surface area (Å²) in [5.74, 6) is 8.10. The summed E-state index contributed by atoms with van der Waals surface area (Å²) < 4.78 is 0. The lowest BCUT2D eigenvalue weighted by atomic mass is 10.2. The van der Waals surface area contributed by atoms with Gasteiger partial charge in [0.1, 0.15) is 0 Å². The van der Waals surface area contributed by atoms with Gasteiger partial charge < -0.3 is 0 Å². The molecule has 0 aromatic carbocycles. The van der Waals surface area contributed by atoms with Crippen LogP contribution in [0.2, 0.25) is 0 Å². The van der Waals surface area contributed by atoms with E-state index in [2.05, 4.69) is 24.7 Å². The van der Waals surface area contributed by atoms with E-state index in [1.54, 1.807) is 0 Å². The smallest absolute Gasteiger partial charge is 0.0108 e. The van der Waals surface area contributed by atoms with E-state index < -0.39 is 0 Å². The Morgan fingerprint density at radius 3 is 2.56 bits per heavy atom. The number of hydrogen-bond acceptors (Lipinski definition) is 0. The SMILES string of the molecule is [C]#CCCCC#CC[CH2]. The maximum atomic E-state index is 6.57. The minimum atomic E-state index is 0.689. The zero-order valence-corrected chi connectivity index (χ0v) is 5.54. The lowest BCUT2D eigenvalue weighted by Crippen LogP contribution is -1.68. The molecule has 0 heteroatoms. The van der Waals surface area contributed by atoms with Gasteiger partial charge in [0, 0.05) is 19.3 Å². The van der Waals surface area contributed by atoms with E-state index in [0.717, 1.165) is 19.3 Å². The van der Waals surface area contributed by atoms with E-state index >= 15 is 0 Å². The third-order valence-corrected chi connectivity index (χ3v) is 0.854. The van der Waals surface area contributed by atoms with Gasteiger partial charge in [0.15, 0.2) is 0 Å². The topological polar surface area (TPSA) is 0 Å². The summed E-state index contributed by atoms with van der Waals surface area (Å²) in [5.41, 5.74) is 0. The lowest BCUT2D eigenvalue weighted by Gasteiger charge is -1.81. The Bertz CT molecular complexity index is 138. The molecule has 0 rings (SSSR count). The predicted molar refractivity (Wildman–Crippen MR) is 38.7 cm³/mol. The third kappa shape index (κ3) is 7.12. The van der Waals surface area contributed by atoms with E-state index in [4.69, 9.17) is 6.42 Å². The van der Waals surface area contributed by atoms with E-state index in [-0.39, 0.29) is 0 Å². The molecule has 0 nitrogen and oxygen atoms in total. The highest BCUT2D eigenvalue weighted by Gasteiger charge is 1.76. The molecule has 2 radical (unpaired) electrons. The molecule has 9 heavy (non-hydrogen) atoms. The van der Waals surface area contributed by atoms with Gasteiger partial charge in [0.2, 0.25) is 0 Å². The zero-order chi connectivity index (χ0) is 6.95. The van der Waals surface area contributed by atoms with Crippen molar-refractivity contribution in [3.8, 4) is 17.8 Å². The lowest BCUT2D eigenvalue weighted by molar-refractivity contribution is 0.902. The maximum absolute atomic E-state index is 6.57. The molecule has 0 amide bonds. The Hall–Kier alpha value is -0.880. The van der Waals surface area contributed by atoms with Gasteiger partial charge >= 0.3 is 0 Å². The van der Waals surface area contributed by atoms with Crippen molar-refractivity contribution < 1.29 is 0 Å². The second kappa shape index (κ2) is 7.12. The van der Waals surface area contributed by atoms with Crippen molar-refractivity contribution >= 4 is 0 Å². The minimum Gasteiger partial charge on any atom is -0.103 e. The molecular weight excluding hydrogens is 108 g/mol. The molecule has 46 valence electrons. The summed E-state index contributed by atoms with van der Waals surface area (Å²) in [6, 6.07) is 0. The summed E-state index contributed by atoms with van der Waals surface area (Å²) in [4.78, 5) is 0. The Morgan fingerprint density at radius 1 is 1.22 bits per heavy atom. The van der Waals surface area contributed by atoms with Crippen molar-refractivity contribution in [1.29, 1.82) is 0 Å². The monoisotopic (exact) mass is 118 g/mol. The quantitative estimate of drug-likeness (QED) is 0.384. The first-order valence-corrected chi connectivity index (χ1v) is 3.06. The molecule has 0 heterocycles. The van der Waals surface area contributed by atoms with E-state index in [0.29, 0.717) is 6.42 Å². The Labute approximate surface area is 57.7 Å². The van der Waals surface area contributed by atoms with Crippen LogP contribution in [0.4, 0.5) is 0 Å². The first kappa shape index (κ1) is 8.12. The summed E-state index contributed by atoms with van der Waals surface area (Å²) in [6.07, 6.45) is 9.82. The Kier molecular flexibility index (Phi) is 6.42. The molecule has 0 fully saturated rings. The minimum absolute atomic E-state index is 0.689. The van der Waals surface area contributed by atoms with Gasteiger partial charge in [-0.2, -0.15) is 0 Å². The first-order valence-electron chi connectivity index (χ1n) is 3.06. The van der Waals surface area contributed by atoms with Crippen LogP contribution in [-0.4, -0.2) is 0 Å². The highest BCUT2D eigenvalue weighted by Crippen LogP contribution is 1.90. The average Bonchev–Trinajstić information content (AvgIpc) is 1.89. The van der Waals surface area contributed by atoms with Gasteiger partial charge in [0.25, 0.3) is 0 Å². The normalized spacial score (nSPS) is 7.11. The van der Waals surface area contributed by atoms with E-state index in [1.165, 1.54) is 0 Å². The molecule has 0 spiro atoms. The van der Waals surface area contributed by atoms with Crippen molar-refractivity contribution in [2.75, 3.05) is 0 Å². The third-order valence-electron chi connectivity index (χ3n) is 0.854. The van der Waals surface area contributed by atoms with Crippen LogP contribution in [0.3, 0.4) is 0 Å². The summed E-state index contributed by atoms with van der Waals surface area (Å²) in [7, 11) is 0. The number of hydrogen-bond donors (Lipinski definition) is 0. The van der Waals surface area contributed by atoms with Gasteiger partial charge in [0.05, 0.1) is 0 Å². The highest BCUT2D eigenvalue weighted by molar-refractivity contribution is 4.99.